The fourth-order valence-electron chi connectivity index (χ4n) is 3.34. The summed E-state index contributed by atoms with van der Waals surface area (Å²) in [6.45, 7) is -2.40. The van der Waals surface area contributed by atoms with Crippen LogP contribution in [0, 0.1) is 0 Å². The van der Waals surface area contributed by atoms with Gasteiger partial charge in [0.05, 0.1) is 24.5 Å². The minimum Gasteiger partial charge on any atom is -0.302 e. The maximum Gasteiger partial charge on any atom is 0.488 e. The fraction of sp³-hybridized carbons (Fsp3) is 0.0952. The molecule has 0 saturated heterocycles. The van der Waals surface area contributed by atoms with Gasteiger partial charge in [-0.2, -0.15) is 28.7 Å². The van der Waals surface area contributed by atoms with Crippen LogP contribution in [0.25, 0.3) is 0 Å². The lowest BCUT2D eigenvalue weighted by Crippen LogP contribution is -2.44. The number of para-hydroxylation sites is 2. The van der Waals surface area contributed by atoms with Crippen LogP contribution in [0.3, 0.4) is 0 Å². The Morgan fingerprint density at radius 3 is 1.26 bits per heavy atom. The van der Waals surface area contributed by atoms with Gasteiger partial charge in [0.25, 0.3) is 0 Å². The molecule has 0 bridgehead atoms. The molecule has 1 heterocycles. The highest BCUT2D eigenvalue weighted by molar-refractivity contribution is 7.47. The number of nitrogens with one attached hydrogen (secondary N) is 1. The first-order valence-electron chi connectivity index (χ1n) is 12.4. The van der Waals surface area contributed by atoms with Gasteiger partial charge in [-0.1, -0.05) is 66.7 Å². The van der Waals surface area contributed by atoms with Crippen LogP contribution < -0.4 is 15.7 Å². The van der Waals surface area contributed by atoms with Gasteiger partial charge in [0.1, 0.15) is 0 Å². The average molecular weight is 744 g/mol. The van der Waals surface area contributed by atoms with Gasteiger partial charge in [-0.3, -0.25) is 5.43 Å². The van der Waals surface area contributed by atoms with Gasteiger partial charge in [-0.05, 0) is 34.7 Å². The topological polar surface area (TPSA) is 304 Å². The number of hydroxylamine groups is 4. The second-order valence-corrected chi connectivity index (χ2v) is 13.2. The van der Waals surface area contributed by atoms with Gasteiger partial charge in [0.15, 0.2) is 5.84 Å². The Morgan fingerprint density at radius 2 is 0.894 bits per heavy atom. The Labute approximate surface area is 265 Å². The van der Waals surface area contributed by atoms with E-state index in [9.17, 15) is 18.3 Å². The summed E-state index contributed by atoms with van der Waals surface area (Å²) < 4.78 is 57.1. The van der Waals surface area contributed by atoms with Crippen molar-refractivity contribution < 1.29 is 75.9 Å². The molecule has 0 aromatic heterocycles. The molecule has 1 aliphatic heterocycles. The van der Waals surface area contributed by atoms with Crippen LogP contribution in [0.15, 0.2) is 96.1 Å². The fourth-order valence-corrected chi connectivity index (χ4v) is 4.85. The van der Waals surface area contributed by atoms with E-state index in [1.54, 1.807) is 0 Å². The Bertz CT molecular complexity index is 1550. The van der Waals surface area contributed by atoms with Gasteiger partial charge < -0.3 is 39.1 Å². The van der Waals surface area contributed by atoms with Crippen LogP contribution in [-0.2, 0) is 36.8 Å². The molecular formula is C21H28N6O16P4. The van der Waals surface area contributed by atoms with E-state index in [4.69, 9.17) is 44.2 Å². The highest BCUT2D eigenvalue weighted by Gasteiger charge is 2.33. The summed E-state index contributed by atoms with van der Waals surface area (Å²) in [6.07, 6.45) is 0. The van der Waals surface area contributed by atoms with E-state index in [2.05, 4.69) is 23.9 Å². The number of hydrazone groups is 1. The van der Waals surface area contributed by atoms with Crippen molar-refractivity contribution in [1.29, 1.82) is 0 Å². The van der Waals surface area contributed by atoms with Gasteiger partial charge >= 0.3 is 31.3 Å². The summed E-state index contributed by atoms with van der Waals surface area (Å²) in [4.78, 5) is 68.1. The molecule has 3 aromatic carbocycles. The van der Waals surface area contributed by atoms with E-state index in [-0.39, 0.29) is 0 Å². The molecule has 22 nitrogen and oxygen atoms in total. The third-order valence-electron chi connectivity index (χ3n) is 4.89. The largest absolute Gasteiger partial charge is 0.488 e. The Morgan fingerprint density at radius 1 is 0.553 bits per heavy atom. The molecule has 0 spiro atoms. The van der Waals surface area contributed by atoms with Crippen molar-refractivity contribution in [3.8, 4) is 0 Å². The number of phosphoric acid groups is 4. The van der Waals surface area contributed by atoms with E-state index >= 15 is 0 Å². The number of nitrogens with zero attached hydrogens (tertiary/aromatic N) is 5. The highest BCUT2D eigenvalue weighted by atomic mass is 31.2. The summed E-state index contributed by atoms with van der Waals surface area (Å²) in [5, 5.41) is 7.54. The first-order chi connectivity index (χ1) is 21.8. The second kappa shape index (κ2) is 16.5. The molecule has 0 radical (unpaired) electrons. The molecule has 1 aliphatic rings. The Balaban J connectivity index is 0.000000255. The maximum atomic E-state index is 10.6. The standard InChI is InChI=1S/C19H16N4.C2H12N2O16P4/c1-4-10-16(11-5-1)19-20-22(17-12-6-2-7-13-17)23(21-19)18-14-8-3-9-15-18;5-21(6,7)17-3(18-22(8,9)10)1-2-4(19-23(11,12)13)20-24(14,15)16/h1-15H,(H,20,21);1-2H2,(H2,5,6,7)(H2,8,9,10)(H2,11,12,13)(H2,14,15,16). The van der Waals surface area contributed by atoms with Crippen molar-refractivity contribution in [3.63, 3.8) is 0 Å². The number of hydrogen-bond donors (Lipinski definition) is 9. The van der Waals surface area contributed by atoms with Crippen LogP contribution in [0.2, 0.25) is 0 Å². The van der Waals surface area contributed by atoms with Crippen LogP contribution >= 0.6 is 31.3 Å². The lowest BCUT2D eigenvalue weighted by Gasteiger charge is -2.27. The second-order valence-electron chi connectivity index (χ2n) is 8.60. The van der Waals surface area contributed by atoms with Crippen molar-refractivity contribution in [2.75, 3.05) is 23.3 Å². The molecule has 0 saturated carbocycles. The molecule has 9 N–H and O–H groups in total. The van der Waals surface area contributed by atoms with Crippen LogP contribution in [0.4, 0.5) is 11.4 Å². The molecule has 0 unspecified atom stereocenters. The molecule has 258 valence electrons. The molecule has 4 rings (SSSR count). The van der Waals surface area contributed by atoms with Gasteiger partial charge in [-0.25, -0.2) is 18.3 Å². The maximum absolute atomic E-state index is 10.6. The summed E-state index contributed by atoms with van der Waals surface area (Å²) in [6, 6.07) is 30.3. The predicted molar refractivity (Wildman–Crippen MR) is 160 cm³/mol. The predicted octanol–water partition coefficient (Wildman–Crippen LogP) is 1.48. The van der Waals surface area contributed by atoms with E-state index in [1.807, 2.05) is 101 Å². The quantitative estimate of drug-likeness (QED) is 0.0834. The SMILES string of the molecule is O=P(O)(O)ON(CCN(OP(=O)(O)O)OP(=O)(O)O)OP(=O)(O)O.c1ccc(C2=NN(c3ccccc3)N(c3ccccc3)N2)cc1. The van der Waals surface area contributed by atoms with Crippen molar-refractivity contribution >= 4 is 48.5 Å². The zero-order valence-electron chi connectivity index (χ0n) is 23.4. The van der Waals surface area contributed by atoms with Crippen LogP contribution in [0.1, 0.15) is 5.56 Å². The number of amidine groups is 1. The van der Waals surface area contributed by atoms with Crippen molar-refractivity contribution in [1.82, 2.24) is 15.9 Å². The molecular weight excluding hydrogens is 716 g/mol. The minimum absolute atomic E-state index is 0.513. The molecule has 26 heteroatoms. The number of anilines is 2. The Hall–Kier alpha value is -2.91. The van der Waals surface area contributed by atoms with Crippen molar-refractivity contribution in [2.45, 2.75) is 0 Å². The van der Waals surface area contributed by atoms with Gasteiger partial charge in [0.2, 0.25) is 0 Å². The number of rotatable bonds is 14. The molecule has 47 heavy (non-hydrogen) atoms. The summed E-state index contributed by atoms with van der Waals surface area (Å²) >= 11 is 0. The molecule has 0 amide bonds. The zero-order valence-corrected chi connectivity index (χ0v) is 27.0. The first-order valence-corrected chi connectivity index (χ1v) is 18.6. The highest BCUT2D eigenvalue weighted by Crippen LogP contribution is 2.45. The summed E-state index contributed by atoms with van der Waals surface area (Å²) in [7, 11) is -21.6. The van der Waals surface area contributed by atoms with E-state index in [0.717, 1.165) is 22.8 Å². The monoisotopic (exact) mass is 744 g/mol. The lowest BCUT2D eigenvalue weighted by atomic mass is 10.2. The molecule has 0 atom stereocenters. The Kier molecular flexibility index (Phi) is 13.5. The van der Waals surface area contributed by atoms with Crippen molar-refractivity contribution in [3.05, 3.63) is 96.6 Å². The average Bonchev–Trinajstić information content (AvgIpc) is 3.40. The number of hydrazine groups is 2. The number of hydrogen-bond acceptors (Lipinski definition) is 14. The van der Waals surface area contributed by atoms with Crippen LogP contribution in [0.5, 0.6) is 0 Å². The van der Waals surface area contributed by atoms with Crippen molar-refractivity contribution in [2.24, 2.45) is 5.10 Å². The number of benzene rings is 3. The van der Waals surface area contributed by atoms with Gasteiger partial charge in [-0.15, -0.1) is 5.10 Å². The smallest absolute Gasteiger partial charge is 0.302 e. The third kappa shape index (κ3) is 14.8. The molecule has 0 fully saturated rings. The minimum atomic E-state index is -5.40. The normalized spacial score (nSPS) is 14.1. The third-order valence-corrected chi connectivity index (χ3v) is 6.47. The van der Waals surface area contributed by atoms with E-state index in [1.165, 1.54) is 0 Å². The van der Waals surface area contributed by atoms with E-state index in [0.29, 0.717) is 0 Å². The van der Waals surface area contributed by atoms with Crippen LogP contribution in [-0.4, -0.2) is 68.5 Å². The summed E-state index contributed by atoms with van der Waals surface area (Å²) in [5.41, 5.74) is 6.44. The lowest BCUT2D eigenvalue weighted by molar-refractivity contribution is -0.313. The molecule has 3 aromatic rings. The molecule has 0 aliphatic carbocycles. The first kappa shape index (κ1) is 38.5. The summed E-state index contributed by atoms with van der Waals surface area (Å²) in [5.74, 6) is 0.818. The van der Waals surface area contributed by atoms with E-state index < -0.39 is 54.8 Å². The zero-order chi connectivity index (χ0) is 34.9. The van der Waals surface area contributed by atoms with Gasteiger partial charge in [0, 0.05) is 5.56 Å².